The minimum Gasteiger partial charge on any atom is -0.481 e. The molecule has 9 nitrogen and oxygen atoms in total. The van der Waals surface area contributed by atoms with Gasteiger partial charge in [-0.3, -0.25) is 25.0 Å². The van der Waals surface area contributed by atoms with Crippen LogP contribution in [0.3, 0.4) is 0 Å². The molecule has 0 aromatic heterocycles. The third-order valence-electron chi connectivity index (χ3n) is 3.99. The molecule has 140 valence electrons. The molecule has 0 aliphatic heterocycles. The number of aliphatic carboxylic acids is 1. The van der Waals surface area contributed by atoms with Crippen molar-refractivity contribution in [1.82, 2.24) is 0 Å². The molecule has 0 aliphatic carbocycles. The van der Waals surface area contributed by atoms with E-state index in [0.29, 0.717) is 16.8 Å². The number of non-ortho nitro benzene ring substituents is 2. The van der Waals surface area contributed by atoms with Gasteiger partial charge in [0.05, 0.1) is 15.9 Å². The highest BCUT2D eigenvalue weighted by Crippen LogP contribution is 2.32. The molecule has 2 aromatic rings. The fourth-order valence-corrected chi connectivity index (χ4v) is 2.66. The van der Waals surface area contributed by atoms with E-state index in [1.165, 1.54) is 48.5 Å². The maximum absolute atomic E-state index is 11.8. The summed E-state index contributed by atoms with van der Waals surface area (Å²) in [7, 11) is 0. The first-order valence-electron chi connectivity index (χ1n) is 7.84. The number of hydrogen-bond acceptors (Lipinski definition) is 6. The molecule has 2 atom stereocenters. The standard InChI is InChI=1S/C18H17N3O6/c1-11(2)16(18(22)23)17(12-3-7-14(8-4-12)20(24)25)19-13-5-9-15(10-6-13)21(26)27/h3-10,16-17,19H,1H2,2H3,(H,22,23)/t16-,17-/m1/s1. The third kappa shape index (κ3) is 4.66. The van der Waals surface area contributed by atoms with E-state index in [2.05, 4.69) is 11.9 Å². The largest absolute Gasteiger partial charge is 0.481 e. The van der Waals surface area contributed by atoms with E-state index in [0.717, 1.165) is 0 Å². The van der Waals surface area contributed by atoms with Crippen LogP contribution in [0.15, 0.2) is 60.7 Å². The van der Waals surface area contributed by atoms with Crippen molar-refractivity contribution in [3.05, 3.63) is 86.5 Å². The van der Waals surface area contributed by atoms with E-state index >= 15 is 0 Å². The van der Waals surface area contributed by atoms with Crippen molar-refractivity contribution in [3.8, 4) is 0 Å². The van der Waals surface area contributed by atoms with E-state index < -0.39 is 27.8 Å². The number of carboxylic acid groups (broad SMARTS) is 1. The third-order valence-corrected chi connectivity index (χ3v) is 3.99. The van der Waals surface area contributed by atoms with Gasteiger partial charge in [-0.1, -0.05) is 24.3 Å². The van der Waals surface area contributed by atoms with Gasteiger partial charge in [-0.05, 0) is 24.6 Å². The van der Waals surface area contributed by atoms with Crippen molar-refractivity contribution in [1.29, 1.82) is 0 Å². The van der Waals surface area contributed by atoms with Crippen LogP contribution in [0, 0.1) is 26.1 Å². The van der Waals surface area contributed by atoms with Crippen LogP contribution in [0.5, 0.6) is 0 Å². The fourth-order valence-electron chi connectivity index (χ4n) is 2.66. The lowest BCUT2D eigenvalue weighted by Crippen LogP contribution is -2.28. The fraction of sp³-hybridized carbons (Fsp3) is 0.167. The van der Waals surface area contributed by atoms with Crippen molar-refractivity contribution in [2.24, 2.45) is 5.92 Å². The number of nitro benzene ring substituents is 2. The Morgan fingerprint density at radius 1 is 1.00 bits per heavy atom. The predicted molar refractivity (Wildman–Crippen MR) is 98.5 cm³/mol. The van der Waals surface area contributed by atoms with Crippen LogP contribution < -0.4 is 5.32 Å². The molecule has 0 spiro atoms. The van der Waals surface area contributed by atoms with E-state index in [1.807, 2.05) is 0 Å². The zero-order chi connectivity index (χ0) is 20.1. The van der Waals surface area contributed by atoms with Gasteiger partial charge in [0.2, 0.25) is 0 Å². The van der Waals surface area contributed by atoms with Gasteiger partial charge in [-0.25, -0.2) is 0 Å². The van der Waals surface area contributed by atoms with Crippen LogP contribution in [0.1, 0.15) is 18.5 Å². The quantitative estimate of drug-likeness (QED) is 0.407. The topological polar surface area (TPSA) is 136 Å². The summed E-state index contributed by atoms with van der Waals surface area (Å²) in [6.07, 6.45) is 0. The first-order chi connectivity index (χ1) is 12.7. The first-order valence-corrected chi connectivity index (χ1v) is 7.84. The lowest BCUT2D eigenvalue weighted by molar-refractivity contribution is -0.385. The average molecular weight is 371 g/mol. The van der Waals surface area contributed by atoms with Gasteiger partial charge in [0.25, 0.3) is 11.4 Å². The molecule has 0 aliphatic rings. The Hall–Kier alpha value is -3.75. The molecule has 2 aromatic carbocycles. The molecule has 0 fully saturated rings. The van der Waals surface area contributed by atoms with Gasteiger partial charge >= 0.3 is 5.97 Å². The molecule has 2 N–H and O–H groups in total. The predicted octanol–water partition coefficient (Wildman–Crippen LogP) is 3.93. The second kappa shape index (κ2) is 8.09. The summed E-state index contributed by atoms with van der Waals surface area (Å²) in [4.78, 5) is 32.3. The smallest absolute Gasteiger partial charge is 0.313 e. The zero-order valence-corrected chi connectivity index (χ0v) is 14.4. The summed E-state index contributed by atoms with van der Waals surface area (Å²) in [6.45, 7) is 5.31. The summed E-state index contributed by atoms with van der Waals surface area (Å²) >= 11 is 0. The number of rotatable bonds is 8. The van der Waals surface area contributed by atoms with Crippen LogP contribution in [-0.4, -0.2) is 20.9 Å². The van der Waals surface area contributed by atoms with Gasteiger partial charge in [-0.15, -0.1) is 0 Å². The van der Waals surface area contributed by atoms with E-state index in [9.17, 15) is 30.1 Å². The van der Waals surface area contributed by atoms with Crippen LogP contribution in [0.2, 0.25) is 0 Å². The number of nitrogens with one attached hydrogen (secondary N) is 1. The Kier molecular flexibility index (Phi) is 5.86. The SMILES string of the molecule is C=C(C)[C@@H](C(=O)O)[C@H](Nc1ccc([N+](=O)[O-])cc1)c1ccc([N+](=O)[O-])cc1. The number of carboxylic acids is 1. The molecule has 0 bridgehead atoms. The molecular weight excluding hydrogens is 354 g/mol. The monoisotopic (exact) mass is 371 g/mol. The molecule has 2 rings (SSSR count). The minimum absolute atomic E-state index is 0.0953. The van der Waals surface area contributed by atoms with Crippen molar-refractivity contribution in [3.63, 3.8) is 0 Å². The van der Waals surface area contributed by atoms with Crippen LogP contribution in [-0.2, 0) is 4.79 Å². The zero-order valence-electron chi connectivity index (χ0n) is 14.4. The molecule has 0 heterocycles. The van der Waals surface area contributed by atoms with Crippen molar-refractivity contribution in [2.45, 2.75) is 13.0 Å². The molecule has 0 radical (unpaired) electrons. The lowest BCUT2D eigenvalue weighted by atomic mass is 9.87. The maximum atomic E-state index is 11.8. The Bertz CT molecular complexity index is 863. The number of hydrogen-bond donors (Lipinski definition) is 2. The highest BCUT2D eigenvalue weighted by Gasteiger charge is 2.30. The first kappa shape index (κ1) is 19.6. The number of benzene rings is 2. The van der Waals surface area contributed by atoms with Crippen molar-refractivity contribution in [2.75, 3.05) is 5.32 Å². The van der Waals surface area contributed by atoms with Crippen molar-refractivity contribution < 1.29 is 19.7 Å². The van der Waals surface area contributed by atoms with Gasteiger partial charge in [0.1, 0.15) is 5.92 Å². The van der Waals surface area contributed by atoms with Gasteiger partial charge in [0.15, 0.2) is 0 Å². The molecule has 0 saturated heterocycles. The number of carbonyl (C=O) groups is 1. The van der Waals surface area contributed by atoms with Crippen LogP contribution in [0.25, 0.3) is 0 Å². The summed E-state index contributed by atoms with van der Waals surface area (Å²) in [5.41, 5.74) is 1.16. The Morgan fingerprint density at radius 2 is 1.44 bits per heavy atom. The second-order valence-corrected chi connectivity index (χ2v) is 5.94. The van der Waals surface area contributed by atoms with E-state index in [-0.39, 0.29) is 11.4 Å². The van der Waals surface area contributed by atoms with Crippen molar-refractivity contribution >= 4 is 23.0 Å². The van der Waals surface area contributed by atoms with E-state index in [1.54, 1.807) is 6.92 Å². The Morgan fingerprint density at radius 3 is 1.81 bits per heavy atom. The molecule has 0 amide bonds. The summed E-state index contributed by atoms with van der Waals surface area (Å²) < 4.78 is 0. The number of nitrogens with zero attached hydrogens (tertiary/aromatic N) is 2. The molecule has 0 saturated carbocycles. The summed E-state index contributed by atoms with van der Waals surface area (Å²) in [5.74, 6) is -2.12. The highest BCUT2D eigenvalue weighted by atomic mass is 16.6. The highest BCUT2D eigenvalue weighted by molar-refractivity contribution is 5.75. The summed E-state index contributed by atoms with van der Waals surface area (Å²) in [6, 6.07) is 10.3. The Balaban J connectivity index is 2.42. The lowest BCUT2D eigenvalue weighted by Gasteiger charge is -2.27. The molecular formula is C18H17N3O6. The average Bonchev–Trinajstić information content (AvgIpc) is 2.61. The maximum Gasteiger partial charge on any atom is 0.313 e. The van der Waals surface area contributed by atoms with Crippen LogP contribution in [0.4, 0.5) is 17.1 Å². The number of anilines is 1. The summed E-state index contributed by atoms with van der Waals surface area (Å²) in [5, 5.41) is 34.3. The van der Waals surface area contributed by atoms with Gasteiger partial charge < -0.3 is 10.4 Å². The molecule has 9 heteroatoms. The second-order valence-electron chi connectivity index (χ2n) is 5.94. The van der Waals surface area contributed by atoms with Gasteiger partial charge in [-0.2, -0.15) is 0 Å². The molecule has 27 heavy (non-hydrogen) atoms. The molecule has 0 unspecified atom stereocenters. The van der Waals surface area contributed by atoms with Gasteiger partial charge in [0, 0.05) is 30.0 Å². The van der Waals surface area contributed by atoms with E-state index in [4.69, 9.17) is 0 Å². The van der Waals surface area contributed by atoms with Crippen LogP contribution >= 0.6 is 0 Å². The number of nitro groups is 2. The Labute approximate surface area is 154 Å². The minimum atomic E-state index is -1.11. The normalized spacial score (nSPS) is 12.6.